The molecule has 174 valence electrons. The molecule has 1 aliphatic rings. The Bertz CT molecular complexity index is 1250. The molecule has 0 aliphatic carbocycles. The second-order valence-corrected chi connectivity index (χ2v) is 8.62. The molecule has 1 unspecified atom stereocenters. The maximum atomic E-state index is 13.3. The number of anilines is 1. The first-order valence-electron chi connectivity index (χ1n) is 11.4. The van der Waals surface area contributed by atoms with Crippen molar-refractivity contribution in [1.82, 2.24) is 4.98 Å². The number of amides is 1. The van der Waals surface area contributed by atoms with E-state index in [1.54, 1.807) is 42.7 Å². The Balaban J connectivity index is 1.86. The van der Waals surface area contributed by atoms with Gasteiger partial charge in [0.15, 0.2) is 0 Å². The van der Waals surface area contributed by atoms with Crippen LogP contribution in [0.4, 0.5) is 5.69 Å². The molecule has 34 heavy (non-hydrogen) atoms. The molecule has 1 amide bonds. The summed E-state index contributed by atoms with van der Waals surface area (Å²) in [6.45, 7) is 7.81. The molecule has 4 rings (SSSR count). The highest BCUT2D eigenvalue weighted by Gasteiger charge is 2.47. The minimum atomic E-state index is -0.798. The largest absolute Gasteiger partial charge is 0.507 e. The molecule has 1 N–H and O–H groups in total. The van der Waals surface area contributed by atoms with Crippen LogP contribution in [0.5, 0.6) is 5.75 Å². The van der Waals surface area contributed by atoms with Gasteiger partial charge >= 0.3 is 0 Å². The second-order valence-electron chi connectivity index (χ2n) is 8.62. The molecule has 0 bridgehead atoms. The average Bonchev–Trinajstić information content (AvgIpc) is 3.10. The van der Waals surface area contributed by atoms with E-state index >= 15 is 0 Å². The SMILES string of the molecule is CCc1ccc(N2C(=O)C(=O)/C(=C(\O)c3ccc(OC(C)C)c(C)c3)C2c2cccnc2)cc1. The van der Waals surface area contributed by atoms with Crippen molar-refractivity contribution in [2.45, 2.75) is 46.3 Å². The molecular weight excluding hydrogens is 428 g/mol. The Labute approximate surface area is 199 Å². The standard InChI is InChI=1S/C28H28N2O4/c1-5-19-8-11-22(12-9-19)30-25(21-7-6-14-29-16-21)24(27(32)28(30)33)26(31)20-10-13-23(18(4)15-20)34-17(2)3/h6-17,25,31H,5H2,1-4H3/b26-24-. The number of benzene rings is 2. The van der Waals surface area contributed by atoms with Crippen LogP contribution in [-0.2, 0) is 16.0 Å². The van der Waals surface area contributed by atoms with Crippen LogP contribution in [0.25, 0.3) is 5.76 Å². The molecule has 6 heteroatoms. The number of aryl methyl sites for hydroxylation is 2. The minimum Gasteiger partial charge on any atom is -0.507 e. The quantitative estimate of drug-likeness (QED) is 0.307. The Hall–Kier alpha value is -3.93. The van der Waals surface area contributed by atoms with Crippen molar-refractivity contribution in [3.05, 3.63) is 94.8 Å². The van der Waals surface area contributed by atoms with E-state index in [2.05, 4.69) is 11.9 Å². The number of hydrogen-bond donors (Lipinski definition) is 1. The number of ether oxygens (including phenoxy) is 1. The molecule has 3 aromatic rings. The lowest BCUT2D eigenvalue weighted by Gasteiger charge is -2.25. The predicted molar refractivity (Wildman–Crippen MR) is 132 cm³/mol. The van der Waals surface area contributed by atoms with Crippen molar-refractivity contribution in [3.63, 3.8) is 0 Å². The number of nitrogens with zero attached hydrogens (tertiary/aromatic N) is 2. The average molecular weight is 457 g/mol. The van der Waals surface area contributed by atoms with Crippen LogP contribution < -0.4 is 9.64 Å². The number of Topliss-reactive ketones (excluding diaryl/α,β-unsaturated/α-hetero) is 1. The number of carbonyl (C=O) groups is 2. The third-order valence-electron chi connectivity index (χ3n) is 5.88. The van der Waals surface area contributed by atoms with Gasteiger partial charge in [0.1, 0.15) is 11.5 Å². The third-order valence-corrected chi connectivity index (χ3v) is 5.88. The van der Waals surface area contributed by atoms with E-state index in [9.17, 15) is 14.7 Å². The zero-order chi connectivity index (χ0) is 24.4. The maximum Gasteiger partial charge on any atom is 0.300 e. The Morgan fingerprint density at radius 1 is 1.12 bits per heavy atom. The van der Waals surface area contributed by atoms with E-state index in [4.69, 9.17) is 4.74 Å². The molecular formula is C28H28N2O4. The lowest BCUT2D eigenvalue weighted by atomic mass is 9.95. The first kappa shape index (κ1) is 23.2. The number of carbonyl (C=O) groups excluding carboxylic acids is 2. The molecule has 2 heterocycles. The number of aliphatic hydroxyl groups is 1. The highest BCUT2D eigenvalue weighted by molar-refractivity contribution is 6.51. The van der Waals surface area contributed by atoms with E-state index in [1.807, 2.05) is 45.0 Å². The summed E-state index contributed by atoms with van der Waals surface area (Å²) in [6, 6.07) is 15.5. The topological polar surface area (TPSA) is 79.7 Å². The molecule has 2 aromatic carbocycles. The number of aliphatic hydroxyl groups excluding tert-OH is 1. The van der Waals surface area contributed by atoms with Crippen LogP contribution in [-0.4, -0.2) is 27.9 Å². The number of rotatable bonds is 6. The molecule has 0 spiro atoms. The van der Waals surface area contributed by atoms with Crippen molar-refractivity contribution >= 4 is 23.1 Å². The first-order valence-corrected chi connectivity index (χ1v) is 11.4. The molecule has 6 nitrogen and oxygen atoms in total. The minimum absolute atomic E-state index is 0.00755. The fraction of sp³-hybridized carbons (Fsp3) is 0.250. The molecule has 1 fully saturated rings. The third kappa shape index (κ3) is 4.31. The molecule has 1 aromatic heterocycles. The van der Waals surface area contributed by atoms with Gasteiger partial charge in [-0.3, -0.25) is 19.5 Å². The lowest BCUT2D eigenvalue weighted by molar-refractivity contribution is -0.132. The van der Waals surface area contributed by atoms with E-state index in [0.29, 0.717) is 22.6 Å². The van der Waals surface area contributed by atoms with Crippen LogP contribution >= 0.6 is 0 Å². The van der Waals surface area contributed by atoms with Gasteiger partial charge in [-0.25, -0.2) is 0 Å². The fourth-order valence-corrected chi connectivity index (χ4v) is 4.18. The summed E-state index contributed by atoms with van der Waals surface area (Å²) in [5.74, 6) is -0.937. The number of pyridine rings is 1. The van der Waals surface area contributed by atoms with Crippen molar-refractivity contribution in [3.8, 4) is 5.75 Å². The van der Waals surface area contributed by atoms with Gasteiger partial charge in [-0.2, -0.15) is 0 Å². The van der Waals surface area contributed by atoms with Crippen molar-refractivity contribution in [2.24, 2.45) is 0 Å². The zero-order valence-corrected chi connectivity index (χ0v) is 19.8. The van der Waals surface area contributed by atoms with Gasteiger partial charge in [0.2, 0.25) is 0 Å². The Morgan fingerprint density at radius 3 is 2.44 bits per heavy atom. The van der Waals surface area contributed by atoms with Crippen LogP contribution in [0.2, 0.25) is 0 Å². The normalized spacial score (nSPS) is 17.4. The number of ketones is 1. The number of aromatic nitrogens is 1. The Kier molecular flexibility index (Phi) is 6.50. The molecule has 0 saturated carbocycles. The van der Waals surface area contributed by atoms with Crippen molar-refractivity contribution < 1.29 is 19.4 Å². The zero-order valence-electron chi connectivity index (χ0n) is 19.8. The van der Waals surface area contributed by atoms with Gasteiger partial charge in [-0.15, -0.1) is 0 Å². The van der Waals surface area contributed by atoms with E-state index in [-0.39, 0.29) is 17.4 Å². The van der Waals surface area contributed by atoms with Gasteiger partial charge in [-0.05, 0) is 80.3 Å². The first-order chi connectivity index (χ1) is 16.3. The highest BCUT2D eigenvalue weighted by Crippen LogP contribution is 2.42. The fourth-order valence-electron chi connectivity index (χ4n) is 4.18. The highest BCUT2D eigenvalue weighted by atomic mass is 16.5. The van der Waals surface area contributed by atoms with Gasteiger partial charge in [0, 0.05) is 23.6 Å². The summed E-state index contributed by atoms with van der Waals surface area (Å²) < 4.78 is 5.79. The molecule has 1 atom stereocenters. The predicted octanol–water partition coefficient (Wildman–Crippen LogP) is 5.37. The van der Waals surface area contributed by atoms with Gasteiger partial charge in [-0.1, -0.05) is 25.1 Å². The molecule has 1 aliphatic heterocycles. The van der Waals surface area contributed by atoms with Gasteiger partial charge < -0.3 is 9.84 Å². The van der Waals surface area contributed by atoms with Crippen molar-refractivity contribution in [1.29, 1.82) is 0 Å². The lowest BCUT2D eigenvalue weighted by Crippen LogP contribution is -2.29. The van der Waals surface area contributed by atoms with E-state index in [1.165, 1.54) is 4.90 Å². The maximum absolute atomic E-state index is 13.3. The number of hydrogen-bond acceptors (Lipinski definition) is 5. The molecule has 1 saturated heterocycles. The van der Waals surface area contributed by atoms with E-state index < -0.39 is 17.7 Å². The summed E-state index contributed by atoms with van der Waals surface area (Å²) in [5, 5.41) is 11.3. The van der Waals surface area contributed by atoms with E-state index in [0.717, 1.165) is 17.5 Å². The monoisotopic (exact) mass is 456 g/mol. The van der Waals surface area contributed by atoms with Gasteiger partial charge in [0.05, 0.1) is 17.7 Å². The van der Waals surface area contributed by atoms with Crippen LogP contribution in [0.1, 0.15) is 49.1 Å². The smallest absolute Gasteiger partial charge is 0.300 e. The second kappa shape index (κ2) is 9.51. The summed E-state index contributed by atoms with van der Waals surface area (Å²) in [5.41, 5.74) is 3.65. The van der Waals surface area contributed by atoms with Crippen LogP contribution in [0.15, 0.2) is 72.6 Å². The van der Waals surface area contributed by atoms with Crippen LogP contribution in [0, 0.1) is 6.92 Å². The van der Waals surface area contributed by atoms with Crippen LogP contribution in [0.3, 0.4) is 0 Å². The summed E-state index contributed by atoms with van der Waals surface area (Å²) >= 11 is 0. The van der Waals surface area contributed by atoms with Gasteiger partial charge in [0.25, 0.3) is 11.7 Å². The van der Waals surface area contributed by atoms with Crippen molar-refractivity contribution in [2.75, 3.05) is 4.90 Å². The summed E-state index contributed by atoms with van der Waals surface area (Å²) in [4.78, 5) is 32.1. The Morgan fingerprint density at radius 2 is 1.85 bits per heavy atom. The summed E-state index contributed by atoms with van der Waals surface area (Å²) in [6.07, 6.45) is 4.11. The summed E-state index contributed by atoms with van der Waals surface area (Å²) in [7, 11) is 0. The molecule has 0 radical (unpaired) electrons.